The van der Waals surface area contributed by atoms with Crippen LogP contribution >= 0.6 is 24.8 Å². The van der Waals surface area contributed by atoms with Gasteiger partial charge < -0.3 is 9.64 Å². The van der Waals surface area contributed by atoms with Gasteiger partial charge in [0.05, 0.1) is 13.2 Å². The molecule has 0 aromatic rings. The zero-order valence-electron chi connectivity index (χ0n) is 5.75. The predicted molar refractivity (Wildman–Crippen MR) is 44.0 cm³/mol. The van der Waals surface area contributed by atoms with Crippen molar-refractivity contribution in [2.75, 3.05) is 26.3 Å². The van der Waals surface area contributed by atoms with Crippen molar-refractivity contribution in [1.82, 2.24) is 4.90 Å². The smallest absolute Gasteiger partial charge is 0.133 e. The maximum absolute atomic E-state index is 5.11. The SMILES string of the molecule is S=C(S)N1CCOCC1.[Hg]. The van der Waals surface area contributed by atoms with E-state index in [9.17, 15) is 0 Å². The summed E-state index contributed by atoms with van der Waals surface area (Å²) in [5, 5.41) is 0. The van der Waals surface area contributed by atoms with Crippen LogP contribution in [0.1, 0.15) is 0 Å². The van der Waals surface area contributed by atoms with Crippen LogP contribution in [-0.2, 0) is 32.4 Å². The molecule has 0 aliphatic carbocycles. The summed E-state index contributed by atoms with van der Waals surface area (Å²) < 4.78 is 5.79. The Balaban J connectivity index is 0.000000810. The Kier molecular flexibility index (Phi) is 6.40. The quantitative estimate of drug-likeness (QED) is 0.383. The maximum atomic E-state index is 5.11. The number of hydrogen-bond acceptors (Lipinski definition) is 2. The summed E-state index contributed by atoms with van der Waals surface area (Å²) in [6.07, 6.45) is 0. The van der Waals surface area contributed by atoms with Crippen LogP contribution in [0.2, 0.25) is 0 Å². The molecule has 2 nitrogen and oxygen atoms in total. The monoisotopic (exact) mass is 365 g/mol. The first kappa shape index (κ1) is 11.1. The van der Waals surface area contributed by atoms with E-state index in [2.05, 4.69) is 12.6 Å². The number of nitrogens with zero attached hydrogens (tertiary/aromatic N) is 1. The average Bonchev–Trinajstić information content (AvgIpc) is 1.90. The van der Waals surface area contributed by atoms with Crippen LogP contribution in [0.3, 0.4) is 0 Å². The van der Waals surface area contributed by atoms with Crippen LogP contribution in [0.5, 0.6) is 0 Å². The van der Waals surface area contributed by atoms with Crippen molar-refractivity contribution in [2.24, 2.45) is 0 Å². The normalized spacial score (nSPS) is 17.9. The molecule has 0 radical (unpaired) electrons. The molecule has 1 heterocycles. The van der Waals surface area contributed by atoms with Crippen molar-refractivity contribution in [2.45, 2.75) is 0 Å². The molecule has 0 unspecified atom stereocenters. The fourth-order valence-corrected chi connectivity index (χ4v) is 1.14. The van der Waals surface area contributed by atoms with Crippen molar-refractivity contribution >= 4 is 29.2 Å². The molecule has 0 aromatic carbocycles. The van der Waals surface area contributed by atoms with Gasteiger partial charge in [-0.1, -0.05) is 12.2 Å². The number of morpholine rings is 1. The second-order valence-corrected chi connectivity index (χ2v) is 2.99. The van der Waals surface area contributed by atoms with Gasteiger partial charge in [0.1, 0.15) is 4.32 Å². The molecule has 1 rings (SSSR count). The van der Waals surface area contributed by atoms with Gasteiger partial charge in [-0.05, 0) is 0 Å². The van der Waals surface area contributed by atoms with Crippen molar-refractivity contribution < 1.29 is 32.4 Å². The molecule has 0 aromatic heterocycles. The van der Waals surface area contributed by atoms with Gasteiger partial charge >= 0.3 is 0 Å². The average molecular weight is 364 g/mol. The van der Waals surface area contributed by atoms with E-state index >= 15 is 0 Å². The number of thiocarbonyl (C=S) groups is 1. The summed E-state index contributed by atoms with van der Waals surface area (Å²) in [5.74, 6) is 0. The van der Waals surface area contributed by atoms with Gasteiger partial charge in [0, 0.05) is 40.8 Å². The van der Waals surface area contributed by atoms with Crippen molar-refractivity contribution in [3.63, 3.8) is 0 Å². The molecular formula is C5H9HgNOS2. The van der Waals surface area contributed by atoms with E-state index < -0.39 is 0 Å². The predicted octanol–water partition coefficient (Wildman–Crippen LogP) is 0.531. The Labute approximate surface area is 92.2 Å². The largest absolute Gasteiger partial charge is 0.378 e. The first-order valence-electron chi connectivity index (χ1n) is 2.86. The van der Waals surface area contributed by atoms with Crippen LogP contribution in [0.4, 0.5) is 0 Å². The summed E-state index contributed by atoms with van der Waals surface area (Å²) in [4.78, 5) is 2.03. The summed E-state index contributed by atoms with van der Waals surface area (Å²) in [5.41, 5.74) is 0. The molecule has 1 saturated heterocycles. The van der Waals surface area contributed by atoms with E-state index in [4.69, 9.17) is 17.0 Å². The molecule has 0 saturated carbocycles. The topological polar surface area (TPSA) is 12.5 Å². The fourth-order valence-electron chi connectivity index (χ4n) is 0.755. The van der Waals surface area contributed by atoms with Gasteiger partial charge in [-0.2, -0.15) is 0 Å². The first-order chi connectivity index (χ1) is 4.30. The van der Waals surface area contributed by atoms with Gasteiger partial charge in [0.2, 0.25) is 0 Å². The number of rotatable bonds is 0. The number of thiol groups is 1. The first-order valence-corrected chi connectivity index (χ1v) is 3.72. The molecule has 5 heteroatoms. The molecule has 0 spiro atoms. The minimum absolute atomic E-state index is 0. The van der Waals surface area contributed by atoms with Gasteiger partial charge in [-0.25, -0.2) is 0 Å². The van der Waals surface area contributed by atoms with E-state index in [-0.39, 0.29) is 27.7 Å². The van der Waals surface area contributed by atoms with Crippen LogP contribution in [0, 0.1) is 0 Å². The Hall–Kier alpha value is 1.14. The molecule has 1 aliphatic rings. The third-order valence-corrected chi connectivity index (χ3v) is 1.82. The Morgan fingerprint density at radius 1 is 1.40 bits per heavy atom. The molecule has 0 atom stereocenters. The molecule has 0 amide bonds. The molecular weight excluding hydrogens is 355 g/mol. The van der Waals surface area contributed by atoms with E-state index in [1.807, 2.05) is 4.90 Å². The standard InChI is InChI=1S/C5H9NOS2.Hg/c8-5(9)6-1-3-7-4-2-6;/h1-4H2,(H,8,9);. The molecule has 1 aliphatic heterocycles. The summed E-state index contributed by atoms with van der Waals surface area (Å²) >= 11 is 8.89. The molecule has 0 N–H and O–H groups in total. The van der Waals surface area contributed by atoms with E-state index in [0.29, 0.717) is 4.32 Å². The summed E-state index contributed by atoms with van der Waals surface area (Å²) in [6.45, 7) is 3.34. The Bertz CT molecular complexity index is 116. The second-order valence-electron chi connectivity index (χ2n) is 1.88. The van der Waals surface area contributed by atoms with Crippen molar-refractivity contribution in [3.05, 3.63) is 0 Å². The van der Waals surface area contributed by atoms with Crippen LogP contribution in [0.15, 0.2) is 0 Å². The fraction of sp³-hybridized carbons (Fsp3) is 0.800. The van der Waals surface area contributed by atoms with E-state index in [0.717, 1.165) is 26.3 Å². The maximum Gasteiger partial charge on any atom is 0.133 e. The number of hydrogen-bond donors (Lipinski definition) is 1. The third-order valence-electron chi connectivity index (χ3n) is 1.28. The third kappa shape index (κ3) is 3.50. The molecule has 10 heavy (non-hydrogen) atoms. The minimum Gasteiger partial charge on any atom is -0.378 e. The molecule has 1 fully saturated rings. The van der Waals surface area contributed by atoms with Crippen LogP contribution < -0.4 is 0 Å². The summed E-state index contributed by atoms with van der Waals surface area (Å²) in [7, 11) is 0. The van der Waals surface area contributed by atoms with Gasteiger partial charge in [0.25, 0.3) is 0 Å². The van der Waals surface area contributed by atoms with Gasteiger partial charge in [-0.3, -0.25) is 0 Å². The van der Waals surface area contributed by atoms with Gasteiger partial charge in [-0.15, -0.1) is 12.6 Å². The van der Waals surface area contributed by atoms with Gasteiger partial charge in [0.15, 0.2) is 0 Å². The van der Waals surface area contributed by atoms with E-state index in [1.54, 1.807) is 0 Å². The Morgan fingerprint density at radius 3 is 2.20 bits per heavy atom. The zero-order valence-corrected chi connectivity index (χ0v) is 13.0. The zero-order chi connectivity index (χ0) is 6.69. The minimum atomic E-state index is 0. The van der Waals surface area contributed by atoms with Crippen LogP contribution in [-0.4, -0.2) is 35.5 Å². The number of ether oxygens (including phenoxy) is 1. The summed E-state index contributed by atoms with van der Waals surface area (Å²) in [6, 6.07) is 0. The van der Waals surface area contributed by atoms with Crippen LogP contribution in [0.25, 0.3) is 0 Å². The van der Waals surface area contributed by atoms with Crippen molar-refractivity contribution in [1.29, 1.82) is 0 Å². The van der Waals surface area contributed by atoms with Crippen molar-refractivity contribution in [3.8, 4) is 0 Å². The Morgan fingerprint density at radius 2 is 1.90 bits per heavy atom. The molecule has 54 valence electrons. The van der Waals surface area contributed by atoms with E-state index in [1.165, 1.54) is 0 Å². The molecule has 0 bridgehead atoms. The second kappa shape index (κ2) is 5.74.